The lowest BCUT2D eigenvalue weighted by Gasteiger charge is -2.37. The lowest BCUT2D eigenvalue weighted by Crippen LogP contribution is -2.50. The van der Waals surface area contributed by atoms with Crippen molar-refractivity contribution in [2.75, 3.05) is 44.2 Å². The van der Waals surface area contributed by atoms with Gasteiger partial charge < -0.3 is 10.0 Å². The fourth-order valence-electron chi connectivity index (χ4n) is 3.22. The summed E-state index contributed by atoms with van der Waals surface area (Å²) in [7, 11) is 0. The van der Waals surface area contributed by atoms with Gasteiger partial charge in [0.2, 0.25) is 11.8 Å². The monoisotopic (exact) mass is 317 g/mol. The van der Waals surface area contributed by atoms with E-state index in [1.165, 1.54) is 10.6 Å². The summed E-state index contributed by atoms with van der Waals surface area (Å²) in [6.07, 6.45) is -0.118. The van der Waals surface area contributed by atoms with E-state index in [1.807, 2.05) is 18.2 Å². The van der Waals surface area contributed by atoms with Crippen LogP contribution in [-0.4, -0.2) is 72.1 Å². The molecule has 2 aliphatic rings. The van der Waals surface area contributed by atoms with Gasteiger partial charge in [0.05, 0.1) is 12.6 Å². The van der Waals surface area contributed by atoms with E-state index >= 15 is 0 Å². The Bertz CT molecular complexity index is 539. The smallest absolute Gasteiger partial charge is 0.229 e. The van der Waals surface area contributed by atoms with E-state index in [2.05, 4.69) is 21.9 Å². The zero-order valence-electron chi connectivity index (χ0n) is 13.2. The van der Waals surface area contributed by atoms with Crippen LogP contribution in [0.15, 0.2) is 30.3 Å². The molecule has 3 rings (SSSR count). The van der Waals surface area contributed by atoms with Crippen molar-refractivity contribution >= 4 is 17.5 Å². The Morgan fingerprint density at radius 1 is 0.913 bits per heavy atom. The van der Waals surface area contributed by atoms with Crippen LogP contribution in [0.5, 0.6) is 0 Å². The fourth-order valence-corrected chi connectivity index (χ4v) is 3.22. The predicted octanol–water partition coefficient (Wildman–Crippen LogP) is 0.318. The van der Waals surface area contributed by atoms with Gasteiger partial charge in [-0.3, -0.25) is 19.4 Å². The summed E-state index contributed by atoms with van der Waals surface area (Å²) in [5.74, 6) is -0.328. The summed E-state index contributed by atoms with van der Waals surface area (Å²) < 4.78 is 0. The Labute approximate surface area is 136 Å². The van der Waals surface area contributed by atoms with Crippen LogP contribution in [0.25, 0.3) is 0 Å². The Morgan fingerprint density at radius 2 is 1.52 bits per heavy atom. The van der Waals surface area contributed by atoms with Crippen molar-refractivity contribution in [3.63, 3.8) is 0 Å². The number of imide groups is 1. The highest BCUT2D eigenvalue weighted by Gasteiger charge is 2.31. The molecule has 1 N–H and O–H groups in total. The first-order chi connectivity index (χ1) is 11.1. The van der Waals surface area contributed by atoms with Gasteiger partial charge >= 0.3 is 0 Å². The largest absolute Gasteiger partial charge is 0.390 e. The average Bonchev–Trinajstić information content (AvgIpc) is 2.88. The van der Waals surface area contributed by atoms with Crippen LogP contribution < -0.4 is 4.90 Å². The molecule has 0 aliphatic carbocycles. The number of para-hydroxylation sites is 1. The van der Waals surface area contributed by atoms with Gasteiger partial charge in [0.1, 0.15) is 0 Å². The zero-order valence-corrected chi connectivity index (χ0v) is 13.2. The van der Waals surface area contributed by atoms with Gasteiger partial charge in [0, 0.05) is 51.3 Å². The third-order valence-electron chi connectivity index (χ3n) is 4.51. The van der Waals surface area contributed by atoms with Gasteiger partial charge in [-0.05, 0) is 12.1 Å². The number of β-amino-alcohol motifs (C(OH)–C–C–N with tert-alkyl or cyclic N) is 1. The maximum Gasteiger partial charge on any atom is 0.229 e. The van der Waals surface area contributed by atoms with E-state index in [0.717, 1.165) is 26.2 Å². The van der Waals surface area contributed by atoms with Crippen molar-refractivity contribution in [3.05, 3.63) is 30.3 Å². The number of nitrogens with zero attached hydrogens (tertiary/aromatic N) is 3. The molecule has 1 aromatic carbocycles. The molecule has 1 atom stereocenters. The molecule has 0 spiro atoms. The fraction of sp³-hybridized carbons (Fsp3) is 0.529. The van der Waals surface area contributed by atoms with Gasteiger partial charge in [-0.15, -0.1) is 0 Å². The van der Waals surface area contributed by atoms with Crippen LogP contribution in [-0.2, 0) is 9.59 Å². The van der Waals surface area contributed by atoms with Crippen molar-refractivity contribution in [2.24, 2.45) is 0 Å². The number of carbonyl (C=O) groups excluding carboxylic acids is 2. The standard InChI is InChI=1S/C17H23N3O3/c21-15(13-20-16(22)6-7-17(20)23)12-18-8-10-19(11-9-18)14-4-2-1-3-5-14/h1-5,15,21H,6-13H2. The molecule has 2 saturated heterocycles. The number of aliphatic hydroxyl groups is 1. The quantitative estimate of drug-likeness (QED) is 0.793. The van der Waals surface area contributed by atoms with E-state index in [9.17, 15) is 14.7 Å². The summed E-state index contributed by atoms with van der Waals surface area (Å²) in [5, 5.41) is 10.2. The van der Waals surface area contributed by atoms with Crippen LogP contribution in [0.3, 0.4) is 0 Å². The minimum Gasteiger partial charge on any atom is -0.390 e. The summed E-state index contributed by atoms with van der Waals surface area (Å²) in [6.45, 7) is 4.19. The molecule has 6 nitrogen and oxygen atoms in total. The first-order valence-corrected chi connectivity index (χ1v) is 8.17. The third-order valence-corrected chi connectivity index (χ3v) is 4.51. The van der Waals surface area contributed by atoms with Gasteiger partial charge in [-0.1, -0.05) is 18.2 Å². The summed E-state index contributed by atoms with van der Waals surface area (Å²) in [4.78, 5) is 28.9. The molecule has 0 radical (unpaired) electrons. The number of piperazine rings is 1. The number of hydrogen-bond acceptors (Lipinski definition) is 5. The van der Waals surface area contributed by atoms with Crippen molar-refractivity contribution in [3.8, 4) is 0 Å². The molecule has 23 heavy (non-hydrogen) atoms. The van der Waals surface area contributed by atoms with Crippen LogP contribution in [0.1, 0.15) is 12.8 Å². The Kier molecular flexibility index (Phi) is 4.93. The maximum absolute atomic E-state index is 11.6. The lowest BCUT2D eigenvalue weighted by molar-refractivity contribution is -0.140. The van der Waals surface area contributed by atoms with E-state index in [1.54, 1.807) is 0 Å². The molecule has 0 saturated carbocycles. The molecule has 0 aromatic heterocycles. The van der Waals surface area contributed by atoms with Crippen molar-refractivity contribution in [1.29, 1.82) is 0 Å². The minimum absolute atomic E-state index is 0.122. The molecular weight excluding hydrogens is 294 g/mol. The van der Waals surface area contributed by atoms with Crippen molar-refractivity contribution in [1.82, 2.24) is 9.80 Å². The number of carbonyl (C=O) groups is 2. The van der Waals surface area contributed by atoms with E-state index in [4.69, 9.17) is 0 Å². The van der Waals surface area contributed by atoms with Crippen LogP contribution in [0.2, 0.25) is 0 Å². The second-order valence-corrected chi connectivity index (χ2v) is 6.18. The average molecular weight is 317 g/mol. The zero-order chi connectivity index (χ0) is 16.2. The van der Waals surface area contributed by atoms with E-state index < -0.39 is 6.10 Å². The molecule has 6 heteroatoms. The molecule has 1 unspecified atom stereocenters. The highest BCUT2D eigenvalue weighted by Crippen LogP contribution is 2.16. The Morgan fingerprint density at radius 3 is 2.13 bits per heavy atom. The number of aliphatic hydroxyl groups excluding tert-OH is 1. The van der Waals surface area contributed by atoms with E-state index in [-0.39, 0.29) is 31.2 Å². The summed E-state index contributed by atoms with van der Waals surface area (Å²) in [6, 6.07) is 10.3. The van der Waals surface area contributed by atoms with Crippen molar-refractivity contribution in [2.45, 2.75) is 18.9 Å². The maximum atomic E-state index is 11.6. The van der Waals surface area contributed by atoms with Gasteiger partial charge in [0.15, 0.2) is 0 Å². The molecule has 2 aliphatic heterocycles. The number of likely N-dealkylation sites (tertiary alicyclic amines) is 1. The lowest BCUT2D eigenvalue weighted by atomic mass is 10.2. The third kappa shape index (κ3) is 3.89. The first kappa shape index (κ1) is 16.0. The molecule has 1 aromatic rings. The summed E-state index contributed by atoms with van der Waals surface area (Å²) in [5.41, 5.74) is 1.22. The summed E-state index contributed by atoms with van der Waals surface area (Å²) >= 11 is 0. The predicted molar refractivity (Wildman–Crippen MR) is 87.1 cm³/mol. The second-order valence-electron chi connectivity index (χ2n) is 6.18. The number of hydrogen-bond donors (Lipinski definition) is 1. The van der Waals surface area contributed by atoms with Crippen LogP contribution in [0.4, 0.5) is 5.69 Å². The van der Waals surface area contributed by atoms with Crippen LogP contribution >= 0.6 is 0 Å². The molecule has 2 heterocycles. The minimum atomic E-state index is -0.677. The van der Waals surface area contributed by atoms with Crippen molar-refractivity contribution < 1.29 is 14.7 Å². The number of amides is 2. The topological polar surface area (TPSA) is 64.1 Å². The highest BCUT2D eigenvalue weighted by atomic mass is 16.3. The highest BCUT2D eigenvalue weighted by molar-refractivity contribution is 6.01. The van der Waals surface area contributed by atoms with Gasteiger partial charge in [-0.25, -0.2) is 0 Å². The van der Waals surface area contributed by atoms with E-state index in [0.29, 0.717) is 6.54 Å². The SMILES string of the molecule is O=C1CCC(=O)N1CC(O)CN1CCN(c2ccccc2)CC1. The second kappa shape index (κ2) is 7.10. The first-order valence-electron chi connectivity index (χ1n) is 8.17. The molecule has 0 bridgehead atoms. The number of rotatable bonds is 5. The normalized spacial score (nSPS) is 21.1. The Hall–Kier alpha value is -1.92. The molecular formula is C17H23N3O3. The van der Waals surface area contributed by atoms with Crippen LogP contribution in [0, 0.1) is 0 Å². The Balaban J connectivity index is 1.45. The van der Waals surface area contributed by atoms with Gasteiger partial charge in [0.25, 0.3) is 0 Å². The molecule has 2 amide bonds. The molecule has 2 fully saturated rings. The molecule has 124 valence electrons. The number of benzene rings is 1. The van der Waals surface area contributed by atoms with Gasteiger partial charge in [-0.2, -0.15) is 0 Å². The number of anilines is 1.